The van der Waals surface area contributed by atoms with Crippen LogP contribution in [0.3, 0.4) is 0 Å². The Bertz CT molecular complexity index is 162. The average Bonchev–Trinajstić information content (AvgIpc) is 2.21. The fourth-order valence-corrected chi connectivity index (χ4v) is 2.35. The second-order valence-corrected chi connectivity index (χ2v) is 4.75. The number of piperidine rings is 1. The Balaban J connectivity index is 2.40. The molecule has 0 amide bonds. The van der Waals surface area contributed by atoms with E-state index in [-0.39, 0.29) is 5.60 Å². The zero-order valence-electron chi connectivity index (χ0n) is 9.92. The Labute approximate surface area is 88.3 Å². The summed E-state index contributed by atoms with van der Waals surface area (Å²) in [6, 6.07) is 0. The predicted octanol–water partition coefficient (Wildman–Crippen LogP) is 2.27. The highest BCUT2D eigenvalue weighted by Crippen LogP contribution is 2.31. The fourth-order valence-electron chi connectivity index (χ4n) is 2.35. The Morgan fingerprint density at radius 1 is 1.29 bits per heavy atom. The lowest BCUT2D eigenvalue weighted by Gasteiger charge is -2.41. The van der Waals surface area contributed by atoms with Gasteiger partial charge in [0.15, 0.2) is 0 Å². The Morgan fingerprint density at radius 2 is 1.86 bits per heavy atom. The van der Waals surface area contributed by atoms with Crippen molar-refractivity contribution < 1.29 is 5.11 Å². The highest BCUT2D eigenvalue weighted by atomic mass is 16.3. The molecular weight excluding hydrogens is 174 g/mol. The van der Waals surface area contributed by atoms with Crippen LogP contribution < -0.4 is 0 Å². The number of likely N-dealkylation sites (tertiary alicyclic amines) is 1. The van der Waals surface area contributed by atoms with Gasteiger partial charge in [0.25, 0.3) is 0 Å². The van der Waals surface area contributed by atoms with Crippen LogP contribution in [0, 0.1) is 5.92 Å². The van der Waals surface area contributed by atoms with Crippen LogP contribution in [0.15, 0.2) is 0 Å². The van der Waals surface area contributed by atoms with Crippen molar-refractivity contribution in [1.82, 2.24) is 4.90 Å². The third-order valence-electron chi connectivity index (χ3n) is 3.79. The molecule has 0 aliphatic carbocycles. The summed E-state index contributed by atoms with van der Waals surface area (Å²) in [5.41, 5.74) is -0.376. The summed E-state index contributed by atoms with van der Waals surface area (Å²) < 4.78 is 0. The SMILES string of the molecule is CCCN1CCC(O)(C(C)CC)CC1. The second-order valence-electron chi connectivity index (χ2n) is 4.75. The van der Waals surface area contributed by atoms with Crippen molar-refractivity contribution >= 4 is 0 Å². The molecule has 84 valence electrons. The Hall–Kier alpha value is -0.0800. The minimum atomic E-state index is -0.376. The van der Waals surface area contributed by atoms with Crippen LogP contribution in [0.2, 0.25) is 0 Å². The van der Waals surface area contributed by atoms with Gasteiger partial charge in [-0.2, -0.15) is 0 Å². The largest absolute Gasteiger partial charge is 0.390 e. The molecule has 0 radical (unpaired) electrons. The predicted molar refractivity (Wildman–Crippen MR) is 60.4 cm³/mol. The summed E-state index contributed by atoms with van der Waals surface area (Å²) in [5, 5.41) is 10.4. The summed E-state index contributed by atoms with van der Waals surface area (Å²) in [6.07, 6.45) is 4.23. The van der Waals surface area contributed by atoms with Gasteiger partial charge >= 0.3 is 0 Å². The molecule has 1 atom stereocenters. The number of hydrogen-bond donors (Lipinski definition) is 1. The molecule has 1 N–H and O–H groups in total. The molecular formula is C12H25NO. The van der Waals surface area contributed by atoms with Gasteiger partial charge in [-0.1, -0.05) is 27.2 Å². The zero-order valence-corrected chi connectivity index (χ0v) is 9.92. The van der Waals surface area contributed by atoms with Gasteiger partial charge in [-0.15, -0.1) is 0 Å². The third kappa shape index (κ3) is 2.71. The van der Waals surface area contributed by atoms with Crippen molar-refractivity contribution in [3.63, 3.8) is 0 Å². The first-order valence-electron chi connectivity index (χ1n) is 6.07. The van der Waals surface area contributed by atoms with Gasteiger partial charge in [-0.05, 0) is 31.7 Å². The standard InChI is InChI=1S/C12H25NO/c1-4-8-13-9-6-12(14,7-10-13)11(3)5-2/h11,14H,4-10H2,1-3H3. The van der Waals surface area contributed by atoms with Gasteiger partial charge in [0.1, 0.15) is 0 Å². The number of rotatable bonds is 4. The Morgan fingerprint density at radius 3 is 2.29 bits per heavy atom. The van der Waals surface area contributed by atoms with Crippen molar-refractivity contribution in [2.24, 2.45) is 5.92 Å². The highest BCUT2D eigenvalue weighted by Gasteiger charge is 2.35. The minimum absolute atomic E-state index is 0.376. The van der Waals surface area contributed by atoms with E-state index in [9.17, 15) is 5.11 Å². The number of aliphatic hydroxyl groups is 1. The fraction of sp³-hybridized carbons (Fsp3) is 1.00. The van der Waals surface area contributed by atoms with Gasteiger partial charge in [0, 0.05) is 13.1 Å². The molecule has 2 heteroatoms. The first-order valence-corrected chi connectivity index (χ1v) is 6.07. The first-order chi connectivity index (χ1) is 6.62. The molecule has 2 nitrogen and oxygen atoms in total. The van der Waals surface area contributed by atoms with E-state index < -0.39 is 0 Å². The van der Waals surface area contributed by atoms with Gasteiger partial charge < -0.3 is 10.0 Å². The quantitative estimate of drug-likeness (QED) is 0.751. The van der Waals surface area contributed by atoms with Crippen molar-refractivity contribution in [3.05, 3.63) is 0 Å². The van der Waals surface area contributed by atoms with Crippen LogP contribution >= 0.6 is 0 Å². The third-order valence-corrected chi connectivity index (χ3v) is 3.79. The van der Waals surface area contributed by atoms with E-state index in [1.165, 1.54) is 13.0 Å². The smallest absolute Gasteiger partial charge is 0.0697 e. The minimum Gasteiger partial charge on any atom is -0.390 e. The van der Waals surface area contributed by atoms with E-state index in [1.54, 1.807) is 0 Å². The zero-order chi connectivity index (χ0) is 10.6. The molecule has 1 rings (SSSR count). The average molecular weight is 199 g/mol. The molecule has 1 unspecified atom stereocenters. The number of hydrogen-bond acceptors (Lipinski definition) is 2. The van der Waals surface area contributed by atoms with E-state index in [4.69, 9.17) is 0 Å². The molecule has 1 saturated heterocycles. The topological polar surface area (TPSA) is 23.5 Å². The van der Waals surface area contributed by atoms with Crippen LogP contribution in [0.25, 0.3) is 0 Å². The van der Waals surface area contributed by atoms with Crippen LogP contribution in [-0.2, 0) is 0 Å². The normalized spacial score (nSPS) is 24.9. The van der Waals surface area contributed by atoms with Crippen molar-refractivity contribution in [1.29, 1.82) is 0 Å². The molecule has 14 heavy (non-hydrogen) atoms. The molecule has 1 aliphatic rings. The van der Waals surface area contributed by atoms with Crippen LogP contribution in [0.4, 0.5) is 0 Å². The molecule has 0 aromatic rings. The van der Waals surface area contributed by atoms with Crippen LogP contribution in [0.5, 0.6) is 0 Å². The first kappa shape index (κ1) is 12.0. The summed E-state index contributed by atoms with van der Waals surface area (Å²) in [4.78, 5) is 2.47. The highest BCUT2D eigenvalue weighted by molar-refractivity contribution is 4.89. The Kier molecular flexibility index (Phi) is 4.39. The van der Waals surface area contributed by atoms with E-state index in [0.29, 0.717) is 5.92 Å². The monoisotopic (exact) mass is 199 g/mol. The van der Waals surface area contributed by atoms with E-state index in [1.807, 2.05) is 0 Å². The lowest BCUT2D eigenvalue weighted by atomic mass is 9.79. The van der Waals surface area contributed by atoms with Gasteiger partial charge in [-0.3, -0.25) is 0 Å². The van der Waals surface area contributed by atoms with Gasteiger partial charge in [-0.25, -0.2) is 0 Å². The van der Waals surface area contributed by atoms with Gasteiger partial charge in [0.05, 0.1) is 5.60 Å². The second kappa shape index (κ2) is 5.13. The molecule has 0 spiro atoms. The van der Waals surface area contributed by atoms with Crippen LogP contribution in [-0.4, -0.2) is 35.2 Å². The van der Waals surface area contributed by atoms with Gasteiger partial charge in [0.2, 0.25) is 0 Å². The molecule has 1 fully saturated rings. The summed E-state index contributed by atoms with van der Waals surface area (Å²) in [7, 11) is 0. The van der Waals surface area contributed by atoms with Crippen molar-refractivity contribution in [3.8, 4) is 0 Å². The molecule has 0 bridgehead atoms. The van der Waals surface area contributed by atoms with Crippen molar-refractivity contribution in [2.75, 3.05) is 19.6 Å². The van der Waals surface area contributed by atoms with E-state index >= 15 is 0 Å². The molecule has 1 heterocycles. The lowest BCUT2D eigenvalue weighted by Crippen LogP contribution is -2.48. The number of nitrogens with zero attached hydrogens (tertiary/aromatic N) is 1. The maximum atomic E-state index is 10.4. The summed E-state index contributed by atoms with van der Waals surface area (Å²) in [5.74, 6) is 0.450. The molecule has 0 aromatic heterocycles. The van der Waals surface area contributed by atoms with Crippen LogP contribution in [0.1, 0.15) is 46.5 Å². The summed E-state index contributed by atoms with van der Waals surface area (Å²) >= 11 is 0. The maximum absolute atomic E-state index is 10.4. The maximum Gasteiger partial charge on any atom is 0.0697 e. The van der Waals surface area contributed by atoms with Crippen molar-refractivity contribution in [2.45, 2.75) is 52.1 Å². The molecule has 0 saturated carbocycles. The van der Waals surface area contributed by atoms with E-state index in [0.717, 1.165) is 32.4 Å². The summed E-state index contributed by atoms with van der Waals surface area (Å²) in [6.45, 7) is 9.91. The van der Waals surface area contributed by atoms with E-state index in [2.05, 4.69) is 25.7 Å². The lowest BCUT2D eigenvalue weighted by molar-refractivity contribution is -0.0626. The molecule has 1 aliphatic heterocycles. The molecule has 0 aromatic carbocycles.